The van der Waals surface area contributed by atoms with Crippen molar-refractivity contribution in [1.82, 2.24) is 25.6 Å². The van der Waals surface area contributed by atoms with Gasteiger partial charge in [-0.15, -0.1) is 0 Å². The number of hydrogen-bond acceptors (Lipinski definition) is 4. The average molecular weight is 287 g/mol. The molecule has 0 saturated carbocycles. The standard InChI is InChI=1S/C15H21N5O/c1-3-20(4-2)11-13-8-6-5-7-12(13)9-16-15(21)14-10-17-19-18-14/h5-8,10H,3-4,9,11H2,1-2H3,(H,16,21)(H,17,18,19). The van der Waals surface area contributed by atoms with Crippen LogP contribution in [0.1, 0.15) is 35.5 Å². The second-order valence-electron chi connectivity index (χ2n) is 4.77. The lowest BCUT2D eigenvalue weighted by atomic mass is 10.1. The zero-order valence-electron chi connectivity index (χ0n) is 12.5. The first-order valence-electron chi connectivity index (χ1n) is 7.17. The SMILES string of the molecule is CCN(CC)Cc1ccccc1CNC(=O)c1cn[nH]n1. The molecule has 2 N–H and O–H groups in total. The molecule has 0 aliphatic carbocycles. The Kier molecular flexibility index (Phi) is 5.45. The van der Waals surface area contributed by atoms with Gasteiger partial charge in [0.2, 0.25) is 0 Å². The van der Waals surface area contributed by atoms with E-state index in [9.17, 15) is 4.79 Å². The Morgan fingerprint density at radius 2 is 1.95 bits per heavy atom. The number of aromatic amines is 1. The monoisotopic (exact) mass is 287 g/mol. The van der Waals surface area contributed by atoms with Gasteiger partial charge in [0.1, 0.15) is 0 Å². The summed E-state index contributed by atoms with van der Waals surface area (Å²) in [7, 11) is 0. The molecule has 1 heterocycles. The second kappa shape index (κ2) is 7.54. The van der Waals surface area contributed by atoms with Crippen molar-refractivity contribution < 1.29 is 4.79 Å². The fourth-order valence-electron chi connectivity index (χ4n) is 2.15. The van der Waals surface area contributed by atoms with Crippen molar-refractivity contribution in [3.8, 4) is 0 Å². The van der Waals surface area contributed by atoms with E-state index in [2.05, 4.69) is 45.5 Å². The van der Waals surface area contributed by atoms with Gasteiger partial charge in [-0.2, -0.15) is 15.4 Å². The summed E-state index contributed by atoms with van der Waals surface area (Å²) < 4.78 is 0. The summed E-state index contributed by atoms with van der Waals surface area (Å²) in [6.45, 7) is 7.70. The molecule has 0 bridgehead atoms. The Bertz CT molecular complexity index is 563. The Morgan fingerprint density at radius 3 is 2.57 bits per heavy atom. The summed E-state index contributed by atoms with van der Waals surface area (Å²) in [5, 5.41) is 12.7. The normalized spacial score (nSPS) is 10.8. The Labute approximate surface area is 124 Å². The quantitative estimate of drug-likeness (QED) is 0.811. The maximum atomic E-state index is 11.9. The molecule has 0 aliphatic rings. The van der Waals surface area contributed by atoms with Crippen LogP contribution in [0.2, 0.25) is 0 Å². The van der Waals surface area contributed by atoms with Gasteiger partial charge in [0.15, 0.2) is 5.69 Å². The minimum absolute atomic E-state index is 0.221. The zero-order chi connectivity index (χ0) is 15.1. The van der Waals surface area contributed by atoms with Crippen LogP contribution in [0.3, 0.4) is 0 Å². The smallest absolute Gasteiger partial charge is 0.273 e. The highest BCUT2D eigenvalue weighted by Crippen LogP contribution is 2.11. The summed E-state index contributed by atoms with van der Waals surface area (Å²) in [6, 6.07) is 8.17. The number of nitrogens with one attached hydrogen (secondary N) is 2. The molecule has 0 fully saturated rings. The third-order valence-corrected chi connectivity index (χ3v) is 3.49. The molecule has 2 rings (SSSR count). The lowest BCUT2D eigenvalue weighted by Crippen LogP contribution is -2.26. The molecule has 6 heteroatoms. The highest BCUT2D eigenvalue weighted by molar-refractivity contribution is 5.91. The number of carbonyl (C=O) groups is 1. The van der Waals surface area contributed by atoms with Crippen molar-refractivity contribution in [2.75, 3.05) is 13.1 Å². The summed E-state index contributed by atoms with van der Waals surface area (Å²) >= 11 is 0. The highest BCUT2D eigenvalue weighted by Gasteiger charge is 2.10. The molecule has 0 unspecified atom stereocenters. The third-order valence-electron chi connectivity index (χ3n) is 3.49. The summed E-state index contributed by atoms with van der Waals surface area (Å²) in [5.74, 6) is -0.221. The van der Waals surface area contributed by atoms with Gasteiger partial charge in [-0.1, -0.05) is 38.1 Å². The van der Waals surface area contributed by atoms with E-state index < -0.39 is 0 Å². The van der Waals surface area contributed by atoms with E-state index in [0.717, 1.165) is 25.2 Å². The van der Waals surface area contributed by atoms with Crippen LogP contribution in [-0.2, 0) is 13.1 Å². The first-order valence-corrected chi connectivity index (χ1v) is 7.17. The maximum absolute atomic E-state index is 11.9. The summed E-state index contributed by atoms with van der Waals surface area (Å²) in [4.78, 5) is 14.2. The van der Waals surface area contributed by atoms with Gasteiger partial charge < -0.3 is 5.32 Å². The van der Waals surface area contributed by atoms with E-state index >= 15 is 0 Å². The largest absolute Gasteiger partial charge is 0.347 e. The maximum Gasteiger partial charge on any atom is 0.273 e. The van der Waals surface area contributed by atoms with Crippen LogP contribution in [0, 0.1) is 0 Å². The van der Waals surface area contributed by atoms with Crippen molar-refractivity contribution in [3.63, 3.8) is 0 Å². The van der Waals surface area contributed by atoms with Crippen LogP contribution in [0.25, 0.3) is 0 Å². The lowest BCUT2D eigenvalue weighted by molar-refractivity contribution is 0.0945. The van der Waals surface area contributed by atoms with Gasteiger partial charge in [0, 0.05) is 13.1 Å². The number of hydrogen-bond donors (Lipinski definition) is 2. The average Bonchev–Trinajstić information content (AvgIpc) is 3.05. The van der Waals surface area contributed by atoms with Gasteiger partial charge in [-0.25, -0.2) is 0 Å². The molecule has 112 valence electrons. The molecule has 1 aromatic carbocycles. The van der Waals surface area contributed by atoms with Gasteiger partial charge in [0.05, 0.1) is 6.20 Å². The second-order valence-corrected chi connectivity index (χ2v) is 4.77. The summed E-state index contributed by atoms with van der Waals surface area (Å²) in [6.07, 6.45) is 1.41. The number of carbonyl (C=O) groups excluding carboxylic acids is 1. The minimum Gasteiger partial charge on any atom is -0.347 e. The minimum atomic E-state index is -0.221. The fourth-order valence-corrected chi connectivity index (χ4v) is 2.15. The number of nitrogens with zero attached hydrogens (tertiary/aromatic N) is 3. The molecule has 0 spiro atoms. The Morgan fingerprint density at radius 1 is 1.24 bits per heavy atom. The third kappa shape index (κ3) is 4.13. The van der Waals surface area contributed by atoms with Gasteiger partial charge in [-0.3, -0.25) is 9.69 Å². The molecule has 1 amide bonds. The topological polar surface area (TPSA) is 73.9 Å². The number of rotatable bonds is 7. The van der Waals surface area contributed by atoms with E-state index in [1.54, 1.807) is 0 Å². The van der Waals surface area contributed by atoms with E-state index in [-0.39, 0.29) is 5.91 Å². The molecule has 1 aromatic heterocycles. The predicted molar refractivity (Wildman–Crippen MR) is 80.6 cm³/mol. The van der Waals surface area contributed by atoms with Crippen molar-refractivity contribution in [2.45, 2.75) is 26.9 Å². The van der Waals surface area contributed by atoms with Gasteiger partial charge >= 0.3 is 0 Å². The van der Waals surface area contributed by atoms with Crippen LogP contribution in [0.15, 0.2) is 30.5 Å². The van der Waals surface area contributed by atoms with Crippen molar-refractivity contribution in [1.29, 1.82) is 0 Å². The summed E-state index contributed by atoms with van der Waals surface area (Å²) in [5.41, 5.74) is 2.67. The van der Waals surface area contributed by atoms with Crippen molar-refractivity contribution >= 4 is 5.91 Å². The molecule has 6 nitrogen and oxygen atoms in total. The fraction of sp³-hybridized carbons (Fsp3) is 0.400. The molecule has 0 atom stereocenters. The van der Waals surface area contributed by atoms with Crippen LogP contribution < -0.4 is 5.32 Å². The van der Waals surface area contributed by atoms with Gasteiger partial charge in [0.25, 0.3) is 5.91 Å². The number of amides is 1. The molecule has 2 aromatic rings. The van der Waals surface area contributed by atoms with Crippen molar-refractivity contribution in [2.24, 2.45) is 0 Å². The van der Waals surface area contributed by atoms with Crippen molar-refractivity contribution in [3.05, 3.63) is 47.3 Å². The van der Waals surface area contributed by atoms with Gasteiger partial charge in [-0.05, 0) is 24.2 Å². The number of H-pyrrole nitrogens is 1. The van der Waals surface area contributed by atoms with E-state index in [1.165, 1.54) is 11.8 Å². The Balaban J connectivity index is 2.01. The Hall–Kier alpha value is -2.21. The van der Waals surface area contributed by atoms with E-state index in [4.69, 9.17) is 0 Å². The predicted octanol–water partition coefficient (Wildman–Crippen LogP) is 1.58. The molecular formula is C15H21N5O. The molecule has 0 radical (unpaired) electrons. The molecule has 0 saturated heterocycles. The van der Waals surface area contributed by atoms with Crippen LogP contribution in [-0.4, -0.2) is 39.3 Å². The van der Waals surface area contributed by atoms with E-state index in [0.29, 0.717) is 12.2 Å². The first kappa shape index (κ1) is 15.2. The van der Waals surface area contributed by atoms with Crippen LogP contribution >= 0.6 is 0 Å². The highest BCUT2D eigenvalue weighted by atomic mass is 16.1. The molecule has 21 heavy (non-hydrogen) atoms. The van der Waals surface area contributed by atoms with Crippen LogP contribution in [0.4, 0.5) is 0 Å². The van der Waals surface area contributed by atoms with E-state index in [1.807, 2.05) is 18.2 Å². The molecular weight excluding hydrogens is 266 g/mol. The number of benzene rings is 1. The molecule has 0 aliphatic heterocycles. The zero-order valence-corrected chi connectivity index (χ0v) is 12.5. The van der Waals surface area contributed by atoms with Crippen LogP contribution in [0.5, 0.6) is 0 Å². The lowest BCUT2D eigenvalue weighted by Gasteiger charge is -2.20. The number of aromatic nitrogens is 3. The first-order chi connectivity index (χ1) is 10.2.